The average Bonchev–Trinajstić information content (AvgIpc) is 3.03. The van der Waals surface area contributed by atoms with Gasteiger partial charge in [-0.3, -0.25) is 4.79 Å². The van der Waals surface area contributed by atoms with Gasteiger partial charge < -0.3 is 9.32 Å². The maximum atomic E-state index is 12.4. The van der Waals surface area contributed by atoms with Crippen LogP contribution in [0.2, 0.25) is 5.22 Å². The van der Waals surface area contributed by atoms with E-state index in [0.717, 1.165) is 12.8 Å². The molecule has 0 saturated heterocycles. The van der Waals surface area contributed by atoms with Crippen LogP contribution in [0.15, 0.2) is 41.0 Å². The Morgan fingerprint density at radius 2 is 2.16 bits per heavy atom. The molecular formula is C15H14ClNO2. The fourth-order valence-electron chi connectivity index (χ4n) is 2.71. The van der Waals surface area contributed by atoms with E-state index in [-0.39, 0.29) is 17.2 Å². The number of carbonyl (C=O) groups is 1. The van der Waals surface area contributed by atoms with Crippen LogP contribution in [0.4, 0.5) is 0 Å². The van der Waals surface area contributed by atoms with Gasteiger partial charge in [-0.25, -0.2) is 0 Å². The van der Waals surface area contributed by atoms with Gasteiger partial charge in [0, 0.05) is 7.05 Å². The number of fused-ring (bicyclic) bond motifs is 1. The minimum Gasteiger partial charge on any atom is -0.452 e. The molecule has 1 heterocycles. The highest BCUT2D eigenvalue weighted by Gasteiger charge is 2.30. The van der Waals surface area contributed by atoms with Crippen molar-refractivity contribution in [2.75, 3.05) is 7.05 Å². The first-order valence-corrected chi connectivity index (χ1v) is 6.64. The number of aryl methyl sites for hydroxylation is 1. The molecule has 3 nitrogen and oxygen atoms in total. The van der Waals surface area contributed by atoms with Crippen LogP contribution in [-0.4, -0.2) is 17.9 Å². The van der Waals surface area contributed by atoms with Gasteiger partial charge in [0.25, 0.3) is 5.91 Å². The minimum absolute atomic E-state index is 0.0968. The molecule has 1 aliphatic rings. The number of nitrogens with zero attached hydrogens (tertiary/aromatic N) is 1. The molecule has 1 atom stereocenters. The molecular weight excluding hydrogens is 262 g/mol. The van der Waals surface area contributed by atoms with Gasteiger partial charge in [-0.05, 0) is 41.6 Å². The highest BCUT2D eigenvalue weighted by Crippen LogP contribution is 2.36. The van der Waals surface area contributed by atoms with Crippen molar-refractivity contribution < 1.29 is 9.21 Å². The van der Waals surface area contributed by atoms with Crippen LogP contribution < -0.4 is 0 Å². The van der Waals surface area contributed by atoms with E-state index in [9.17, 15) is 4.79 Å². The van der Waals surface area contributed by atoms with Crippen LogP contribution in [0, 0.1) is 0 Å². The molecule has 98 valence electrons. The Bertz CT molecular complexity index is 620. The van der Waals surface area contributed by atoms with E-state index in [1.165, 1.54) is 17.4 Å². The molecule has 0 radical (unpaired) electrons. The molecule has 19 heavy (non-hydrogen) atoms. The summed E-state index contributed by atoms with van der Waals surface area (Å²) < 4.78 is 4.99. The molecule has 1 aromatic carbocycles. The van der Waals surface area contributed by atoms with Crippen molar-refractivity contribution in [2.24, 2.45) is 0 Å². The van der Waals surface area contributed by atoms with Crippen LogP contribution in [0.25, 0.3) is 0 Å². The number of furan rings is 1. The smallest absolute Gasteiger partial charge is 0.258 e. The monoisotopic (exact) mass is 275 g/mol. The van der Waals surface area contributed by atoms with Crippen molar-refractivity contribution in [1.29, 1.82) is 0 Å². The molecule has 1 aliphatic carbocycles. The summed E-state index contributed by atoms with van der Waals surface area (Å²) in [7, 11) is 1.82. The van der Waals surface area contributed by atoms with E-state index in [1.54, 1.807) is 11.0 Å². The maximum absolute atomic E-state index is 12.4. The van der Waals surface area contributed by atoms with Crippen molar-refractivity contribution in [1.82, 2.24) is 4.90 Å². The Morgan fingerprint density at radius 1 is 1.37 bits per heavy atom. The Labute approximate surface area is 116 Å². The predicted molar refractivity (Wildman–Crippen MR) is 73.3 cm³/mol. The fourth-order valence-corrected chi connectivity index (χ4v) is 2.91. The lowest BCUT2D eigenvalue weighted by atomic mass is 10.1. The third-order valence-corrected chi connectivity index (χ3v) is 4.03. The quantitative estimate of drug-likeness (QED) is 0.837. The Balaban J connectivity index is 1.88. The molecule has 0 N–H and O–H groups in total. The van der Waals surface area contributed by atoms with Crippen LogP contribution in [0.5, 0.6) is 0 Å². The maximum Gasteiger partial charge on any atom is 0.258 e. The van der Waals surface area contributed by atoms with Crippen LogP contribution in [-0.2, 0) is 6.42 Å². The summed E-state index contributed by atoms with van der Waals surface area (Å²) in [6.07, 6.45) is 3.40. The van der Waals surface area contributed by atoms with Crippen LogP contribution >= 0.6 is 11.6 Å². The minimum atomic E-state index is -0.0968. The zero-order valence-electron chi connectivity index (χ0n) is 10.6. The van der Waals surface area contributed by atoms with Crippen LogP contribution in [0.3, 0.4) is 0 Å². The molecule has 0 saturated carbocycles. The van der Waals surface area contributed by atoms with Gasteiger partial charge in [0.1, 0.15) is 0 Å². The second-order valence-electron chi connectivity index (χ2n) is 4.78. The zero-order chi connectivity index (χ0) is 13.4. The van der Waals surface area contributed by atoms with Crippen molar-refractivity contribution in [3.05, 3.63) is 58.5 Å². The van der Waals surface area contributed by atoms with E-state index in [2.05, 4.69) is 12.1 Å². The SMILES string of the molecule is CN(C(=O)c1ccoc1Cl)C1CCc2ccccc21. The molecule has 1 amide bonds. The first-order chi connectivity index (χ1) is 9.18. The molecule has 1 unspecified atom stereocenters. The number of hydrogen-bond acceptors (Lipinski definition) is 2. The molecule has 1 aromatic heterocycles. The van der Waals surface area contributed by atoms with Crippen molar-refractivity contribution in [2.45, 2.75) is 18.9 Å². The van der Waals surface area contributed by atoms with E-state index < -0.39 is 0 Å². The van der Waals surface area contributed by atoms with Gasteiger partial charge in [0.2, 0.25) is 5.22 Å². The second kappa shape index (κ2) is 4.74. The third kappa shape index (κ3) is 2.04. The van der Waals surface area contributed by atoms with Crippen molar-refractivity contribution in [3.8, 4) is 0 Å². The molecule has 0 aliphatic heterocycles. The molecule has 0 spiro atoms. The number of carbonyl (C=O) groups excluding carboxylic acids is 1. The summed E-state index contributed by atoms with van der Waals surface area (Å²) in [4.78, 5) is 14.2. The largest absolute Gasteiger partial charge is 0.452 e. The second-order valence-corrected chi connectivity index (χ2v) is 5.12. The van der Waals surface area contributed by atoms with Crippen molar-refractivity contribution >= 4 is 17.5 Å². The topological polar surface area (TPSA) is 33.5 Å². The third-order valence-electron chi connectivity index (χ3n) is 3.74. The first kappa shape index (κ1) is 12.3. The first-order valence-electron chi connectivity index (χ1n) is 6.26. The zero-order valence-corrected chi connectivity index (χ0v) is 11.4. The standard InChI is InChI=1S/C15H14ClNO2/c1-17(15(18)12-8-9-19-14(12)16)13-7-6-10-4-2-3-5-11(10)13/h2-5,8-9,13H,6-7H2,1H3. The lowest BCUT2D eigenvalue weighted by Crippen LogP contribution is -2.30. The number of benzene rings is 1. The van der Waals surface area contributed by atoms with Crippen LogP contribution in [0.1, 0.15) is 33.9 Å². The molecule has 0 bridgehead atoms. The Hall–Kier alpha value is -1.74. The van der Waals surface area contributed by atoms with E-state index >= 15 is 0 Å². The molecule has 2 aromatic rings. The van der Waals surface area contributed by atoms with E-state index in [1.807, 2.05) is 19.2 Å². The highest BCUT2D eigenvalue weighted by atomic mass is 35.5. The van der Waals surface area contributed by atoms with E-state index in [0.29, 0.717) is 5.56 Å². The normalized spacial score (nSPS) is 17.3. The summed E-state index contributed by atoms with van der Waals surface area (Å²) in [5.74, 6) is -0.0968. The number of halogens is 1. The lowest BCUT2D eigenvalue weighted by Gasteiger charge is -2.25. The van der Waals surface area contributed by atoms with Gasteiger partial charge in [0.15, 0.2) is 0 Å². The number of hydrogen-bond donors (Lipinski definition) is 0. The lowest BCUT2D eigenvalue weighted by molar-refractivity contribution is 0.0730. The predicted octanol–water partition coefficient (Wildman–Crippen LogP) is 3.69. The van der Waals surface area contributed by atoms with Gasteiger partial charge >= 0.3 is 0 Å². The summed E-state index contributed by atoms with van der Waals surface area (Å²) >= 11 is 5.87. The molecule has 3 rings (SSSR count). The van der Waals surface area contributed by atoms with Gasteiger partial charge in [0.05, 0.1) is 17.9 Å². The van der Waals surface area contributed by atoms with Gasteiger partial charge in [-0.15, -0.1) is 0 Å². The number of amides is 1. The van der Waals surface area contributed by atoms with Crippen molar-refractivity contribution in [3.63, 3.8) is 0 Å². The highest BCUT2D eigenvalue weighted by molar-refractivity contribution is 6.32. The summed E-state index contributed by atoms with van der Waals surface area (Å²) in [5, 5.41) is 0.156. The Kier molecular flexibility index (Phi) is 3.07. The molecule has 0 fully saturated rings. The average molecular weight is 276 g/mol. The summed E-state index contributed by atoms with van der Waals surface area (Å²) in [6.45, 7) is 0. The Morgan fingerprint density at radius 3 is 2.89 bits per heavy atom. The molecule has 4 heteroatoms. The number of rotatable bonds is 2. The summed E-state index contributed by atoms with van der Waals surface area (Å²) in [5.41, 5.74) is 2.98. The fraction of sp³-hybridized carbons (Fsp3) is 0.267. The van der Waals surface area contributed by atoms with Gasteiger partial charge in [-0.2, -0.15) is 0 Å². The van der Waals surface area contributed by atoms with E-state index in [4.69, 9.17) is 16.0 Å². The van der Waals surface area contributed by atoms with Gasteiger partial charge in [-0.1, -0.05) is 24.3 Å². The summed E-state index contributed by atoms with van der Waals surface area (Å²) in [6, 6.07) is 10.00.